The van der Waals surface area contributed by atoms with Crippen LogP contribution in [0.4, 0.5) is 0 Å². The normalized spacial score (nSPS) is 12.1. The molecule has 0 saturated heterocycles. The first-order valence-electron chi connectivity index (χ1n) is 22.6. The van der Waals surface area contributed by atoms with Crippen molar-refractivity contribution >= 4 is 0 Å². The van der Waals surface area contributed by atoms with Crippen molar-refractivity contribution in [2.75, 3.05) is 0 Å². The zero-order valence-corrected chi connectivity index (χ0v) is 51.8. The first-order chi connectivity index (χ1) is 27.1. The molecule has 0 amide bonds. The van der Waals surface area contributed by atoms with Crippen LogP contribution in [0.3, 0.4) is 0 Å². The van der Waals surface area contributed by atoms with Gasteiger partial charge in [0, 0.05) is 135 Å². The molecule has 6 heteroatoms. The maximum atomic E-state index is 4.59. The summed E-state index contributed by atoms with van der Waals surface area (Å²) < 4.78 is 0. The van der Waals surface area contributed by atoms with Gasteiger partial charge >= 0.3 is 0 Å². The Morgan fingerprint density at radius 2 is 0.641 bits per heavy atom. The third-order valence-electron chi connectivity index (χ3n) is 14.8. The van der Waals surface area contributed by atoms with Crippen molar-refractivity contribution in [1.82, 2.24) is 19.9 Å². The molecule has 4 aromatic rings. The van der Waals surface area contributed by atoms with Crippen LogP contribution in [0.2, 0.25) is 0 Å². The van der Waals surface area contributed by atoms with Crippen LogP contribution >= 0.6 is 0 Å². The summed E-state index contributed by atoms with van der Waals surface area (Å²) in [6.45, 7) is 57.3. The zero-order chi connectivity index (χ0) is 46.8. The molecule has 0 aromatic carbocycles. The Morgan fingerprint density at radius 1 is 0.359 bits per heavy atom. The number of hydrogen-bond acceptors (Lipinski definition) is 4. The molecule has 0 atom stereocenters. The second kappa shape index (κ2) is 27.7. The van der Waals surface area contributed by atoms with Gasteiger partial charge in [-0.15, -0.1) is 0 Å². The van der Waals surface area contributed by atoms with E-state index in [0.717, 1.165) is 37.1 Å². The first-order valence-corrected chi connectivity index (χ1v) is 22.6. The molecule has 0 aliphatic heterocycles. The number of nitrogens with zero attached hydrogens (tertiary/aromatic N) is 4. The van der Waals surface area contributed by atoms with Gasteiger partial charge in [-0.3, -0.25) is 19.9 Å². The number of rotatable bonds is 8. The van der Waals surface area contributed by atoms with Crippen LogP contribution in [0.1, 0.15) is 197 Å². The summed E-state index contributed by atoms with van der Waals surface area (Å²) in [6.07, 6.45) is 11.5. The summed E-state index contributed by atoms with van der Waals surface area (Å²) >= 11 is 0. The SMILES string of the molecule is CCc1ccc(C(C)(C)C(C)(C)C)nc1.CCc1ccnc(C(C)(C)C(C)(C)C)c1.[CH2-]Cc1ccc(C(C)(C)C(C)(C)C)nc1.[CH2-]Cc1ccnc(C(C)(C)C(C)(C)C)c1.[CH3-].[CH3-].[Y].[Y]. The first kappa shape index (κ1) is 69.4. The van der Waals surface area contributed by atoms with Crippen LogP contribution < -0.4 is 0 Å². The average molecular weight is 1030 g/mol. The van der Waals surface area contributed by atoms with Crippen molar-refractivity contribution in [1.29, 1.82) is 0 Å². The predicted octanol–water partition coefficient (Wildman–Crippen LogP) is 16.4. The molecule has 64 heavy (non-hydrogen) atoms. The van der Waals surface area contributed by atoms with Crippen LogP contribution in [-0.2, 0) is 113 Å². The van der Waals surface area contributed by atoms with E-state index in [1.54, 1.807) is 0 Å². The van der Waals surface area contributed by atoms with Crippen molar-refractivity contribution in [2.24, 2.45) is 21.7 Å². The summed E-state index contributed by atoms with van der Waals surface area (Å²) in [4.78, 5) is 18.2. The predicted molar refractivity (Wildman–Crippen MR) is 277 cm³/mol. The van der Waals surface area contributed by atoms with Gasteiger partial charge in [0.25, 0.3) is 0 Å². The van der Waals surface area contributed by atoms with Crippen LogP contribution in [-0.4, -0.2) is 19.9 Å². The molecule has 4 rings (SSSR count). The van der Waals surface area contributed by atoms with Gasteiger partial charge in [-0.2, -0.15) is 12.8 Å². The van der Waals surface area contributed by atoms with Crippen molar-refractivity contribution in [3.05, 3.63) is 147 Å². The third kappa shape index (κ3) is 19.1. The minimum Gasteiger partial charge on any atom is -0.358 e. The Morgan fingerprint density at radius 3 is 0.906 bits per heavy atom. The van der Waals surface area contributed by atoms with E-state index in [2.05, 4.69) is 229 Å². The van der Waals surface area contributed by atoms with Crippen molar-refractivity contribution in [3.63, 3.8) is 0 Å². The molecule has 2 radical (unpaired) electrons. The maximum absolute atomic E-state index is 4.59. The van der Waals surface area contributed by atoms with Gasteiger partial charge in [0.05, 0.1) is 0 Å². The molecule has 4 aromatic heterocycles. The Hall–Kier alpha value is -1.19. The summed E-state index contributed by atoms with van der Waals surface area (Å²) in [6, 6.07) is 17.2. The standard InChI is InChI=1S/C14H23N.C14H22N.C14H23N.C14H22N.2CH3.2Y/c2*1-7-11-8-9-15-12(10-11)14(5,6)13(2,3)4;2*1-7-11-8-9-12(15-10-11)14(5,6)13(2,3)4;;;;/h8-10H,7H2,1-6H3;8-10H,1,7H2,2-6H3;8-10H,7H2,1-6H3;8-10H,1,7H2,2-6H3;2*1H3;;/q;-1;;3*-1;;. The topological polar surface area (TPSA) is 51.6 Å². The fraction of sp³-hybridized carbons (Fsp3) is 0.586. The summed E-state index contributed by atoms with van der Waals surface area (Å²) in [5.41, 5.74) is 11.1. The van der Waals surface area contributed by atoms with Crippen LogP contribution in [0, 0.1) is 50.4 Å². The molecule has 0 bridgehead atoms. The van der Waals surface area contributed by atoms with E-state index in [0.29, 0.717) is 0 Å². The van der Waals surface area contributed by atoms with Gasteiger partial charge in [-0.1, -0.05) is 176 Å². The minimum absolute atomic E-state index is 0. The average Bonchev–Trinajstić information content (AvgIpc) is 3.17. The quantitative estimate of drug-likeness (QED) is 0.165. The largest absolute Gasteiger partial charge is 0.358 e. The van der Waals surface area contributed by atoms with Crippen LogP contribution in [0.15, 0.2) is 73.3 Å². The van der Waals surface area contributed by atoms with Crippen LogP contribution in [0.5, 0.6) is 0 Å². The number of aromatic nitrogens is 4. The molecular weight excluding hydrogens is 930 g/mol. The van der Waals surface area contributed by atoms with Gasteiger partial charge in [-0.25, -0.2) is 0 Å². The summed E-state index contributed by atoms with van der Waals surface area (Å²) in [5, 5.41) is 0. The molecule has 0 saturated carbocycles. The summed E-state index contributed by atoms with van der Waals surface area (Å²) in [7, 11) is 0. The number of aryl methyl sites for hydroxylation is 2. The van der Waals surface area contributed by atoms with Crippen molar-refractivity contribution < 1.29 is 65.4 Å². The molecule has 4 nitrogen and oxygen atoms in total. The van der Waals surface area contributed by atoms with Crippen molar-refractivity contribution in [2.45, 2.75) is 200 Å². The van der Waals surface area contributed by atoms with E-state index in [1.165, 1.54) is 33.6 Å². The summed E-state index contributed by atoms with van der Waals surface area (Å²) in [5.74, 6) is 0. The molecule has 0 spiro atoms. The molecular formula is C58H96N4Y2-4. The molecule has 0 fully saturated rings. The molecule has 4 heterocycles. The Bertz CT molecular complexity index is 1720. The fourth-order valence-corrected chi connectivity index (χ4v) is 5.49. The van der Waals surface area contributed by atoms with E-state index in [-0.39, 0.29) is 124 Å². The Kier molecular flexibility index (Phi) is 30.0. The maximum Gasteiger partial charge on any atom is 0.0467 e. The smallest absolute Gasteiger partial charge is 0.0467 e. The van der Waals surface area contributed by atoms with Gasteiger partial charge in [-0.05, 0) is 82.0 Å². The van der Waals surface area contributed by atoms with E-state index < -0.39 is 0 Å². The Labute approximate surface area is 449 Å². The minimum atomic E-state index is 0. The monoisotopic (exact) mass is 1030 g/mol. The zero-order valence-electron chi connectivity index (χ0n) is 46.1. The number of hydrogen-bond donors (Lipinski definition) is 0. The molecule has 0 unspecified atom stereocenters. The van der Waals surface area contributed by atoms with E-state index >= 15 is 0 Å². The van der Waals surface area contributed by atoms with Crippen molar-refractivity contribution in [3.8, 4) is 0 Å². The fourth-order valence-electron chi connectivity index (χ4n) is 5.49. The van der Waals surface area contributed by atoms with E-state index in [9.17, 15) is 0 Å². The van der Waals surface area contributed by atoms with E-state index in [1.807, 2.05) is 30.9 Å². The molecule has 0 aliphatic carbocycles. The van der Waals surface area contributed by atoms with Gasteiger partial charge < -0.3 is 28.7 Å². The molecule has 358 valence electrons. The van der Waals surface area contributed by atoms with Crippen LogP contribution in [0.25, 0.3) is 0 Å². The van der Waals surface area contributed by atoms with Gasteiger partial charge in [0.1, 0.15) is 0 Å². The Balaban J connectivity index is -0.000000367. The number of pyridine rings is 4. The molecule has 0 N–H and O–H groups in total. The second-order valence-electron chi connectivity index (χ2n) is 22.9. The van der Waals surface area contributed by atoms with E-state index in [4.69, 9.17) is 0 Å². The van der Waals surface area contributed by atoms with Gasteiger partial charge in [0.15, 0.2) is 0 Å². The molecule has 0 aliphatic rings. The van der Waals surface area contributed by atoms with Gasteiger partial charge in [0.2, 0.25) is 0 Å². The third-order valence-corrected chi connectivity index (χ3v) is 14.8. The second-order valence-corrected chi connectivity index (χ2v) is 22.9.